The van der Waals surface area contributed by atoms with Crippen LogP contribution in [-0.4, -0.2) is 28.0 Å². The van der Waals surface area contributed by atoms with Crippen molar-refractivity contribution < 1.29 is 4.79 Å². The van der Waals surface area contributed by atoms with E-state index in [0.29, 0.717) is 11.8 Å². The van der Waals surface area contributed by atoms with E-state index >= 15 is 0 Å². The van der Waals surface area contributed by atoms with Crippen molar-refractivity contribution >= 4 is 23.4 Å². The summed E-state index contributed by atoms with van der Waals surface area (Å²) in [5.74, 6) is 0.263. The maximum atomic E-state index is 11.7. The van der Waals surface area contributed by atoms with Crippen molar-refractivity contribution in [3.05, 3.63) is 41.6 Å². The Balaban J connectivity index is 1.85. The van der Waals surface area contributed by atoms with Gasteiger partial charge in [0.25, 0.3) is 5.91 Å². The number of carbonyl (C=O) groups excluding carboxylic acids is 1. The molecule has 1 aromatic carbocycles. The zero-order valence-electron chi connectivity index (χ0n) is 14.3. The Morgan fingerprint density at radius 3 is 2.80 bits per heavy atom. The molecule has 0 radical (unpaired) electrons. The van der Waals surface area contributed by atoms with Gasteiger partial charge in [0.05, 0.1) is 0 Å². The lowest BCUT2D eigenvalue weighted by atomic mass is 9.91. The number of hydrogen-bond donors (Lipinski definition) is 4. The van der Waals surface area contributed by atoms with Gasteiger partial charge in [0.15, 0.2) is 0 Å². The molecule has 25 heavy (non-hydrogen) atoms. The third-order valence-electron chi connectivity index (χ3n) is 4.47. The lowest BCUT2D eigenvalue weighted by Crippen LogP contribution is -2.43. The van der Waals surface area contributed by atoms with Crippen molar-refractivity contribution in [1.29, 1.82) is 0 Å². The topological polar surface area (TPSA) is 119 Å². The van der Waals surface area contributed by atoms with E-state index in [1.807, 2.05) is 31.2 Å². The number of benzene rings is 1. The summed E-state index contributed by atoms with van der Waals surface area (Å²) in [4.78, 5) is 20.4. The van der Waals surface area contributed by atoms with Crippen molar-refractivity contribution in [3.63, 3.8) is 0 Å². The summed E-state index contributed by atoms with van der Waals surface area (Å²) in [5.41, 5.74) is 13.8. The number of rotatable bonds is 5. The largest absolute Gasteiger partial charge is 0.365 e. The predicted octanol–water partition coefficient (Wildman–Crippen LogP) is 2.31. The number of anilines is 3. The molecule has 2 atom stereocenters. The van der Waals surface area contributed by atoms with Gasteiger partial charge in [-0.2, -0.15) is 4.98 Å². The third-order valence-corrected chi connectivity index (χ3v) is 4.47. The molecule has 1 aromatic heterocycles. The van der Waals surface area contributed by atoms with Gasteiger partial charge in [0.2, 0.25) is 5.95 Å². The lowest BCUT2D eigenvalue weighted by molar-refractivity contribution is 0.100. The van der Waals surface area contributed by atoms with E-state index in [1.54, 1.807) is 0 Å². The van der Waals surface area contributed by atoms with Crippen molar-refractivity contribution in [2.45, 2.75) is 44.7 Å². The van der Waals surface area contributed by atoms with E-state index in [1.165, 1.54) is 6.20 Å². The Hall–Kier alpha value is -2.67. The molecule has 1 aliphatic rings. The summed E-state index contributed by atoms with van der Waals surface area (Å²) >= 11 is 0. The number of primary amides is 1. The van der Waals surface area contributed by atoms with Gasteiger partial charge < -0.3 is 22.1 Å². The van der Waals surface area contributed by atoms with Crippen LogP contribution in [0.1, 0.15) is 41.6 Å². The molecule has 1 aliphatic carbocycles. The number of carbonyl (C=O) groups is 1. The molecule has 1 heterocycles. The minimum absolute atomic E-state index is 0.0846. The first-order valence-corrected chi connectivity index (χ1v) is 8.55. The normalized spacial score (nSPS) is 20.1. The fourth-order valence-corrected chi connectivity index (χ4v) is 3.09. The van der Waals surface area contributed by atoms with E-state index in [-0.39, 0.29) is 17.6 Å². The Labute approximate surface area is 147 Å². The Morgan fingerprint density at radius 2 is 2.08 bits per heavy atom. The summed E-state index contributed by atoms with van der Waals surface area (Å²) in [6.45, 7) is 2.00. The van der Waals surface area contributed by atoms with E-state index in [0.717, 1.165) is 36.9 Å². The molecular weight excluding hydrogens is 316 g/mol. The summed E-state index contributed by atoms with van der Waals surface area (Å²) < 4.78 is 0. The van der Waals surface area contributed by atoms with E-state index in [4.69, 9.17) is 11.5 Å². The Morgan fingerprint density at radius 1 is 1.28 bits per heavy atom. The zero-order chi connectivity index (χ0) is 17.8. The van der Waals surface area contributed by atoms with Gasteiger partial charge in [-0.1, -0.05) is 25.0 Å². The molecule has 0 unspecified atom stereocenters. The molecule has 1 amide bonds. The van der Waals surface area contributed by atoms with Crippen LogP contribution in [0.15, 0.2) is 30.5 Å². The van der Waals surface area contributed by atoms with Crippen LogP contribution in [0.25, 0.3) is 0 Å². The van der Waals surface area contributed by atoms with Crippen LogP contribution in [0.3, 0.4) is 0 Å². The van der Waals surface area contributed by atoms with Crippen LogP contribution in [0.2, 0.25) is 0 Å². The number of amides is 1. The van der Waals surface area contributed by atoms with Crippen LogP contribution >= 0.6 is 0 Å². The quantitative estimate of drug-likeness (QED) is 0.663. The Bertz CT molecular complexity index is 763. The van der Waals surface area contributed by atoms with E-state index in [2.05, 4.69) is 20.6 Å². The number of nitrogens with two attached hydrogens (primary N) is 2. The van der Waals surface area contributed by atoms with Crippen molar-refractivity contribution in [1.82, 2.24) is 9.97 Å². The zero-order valence-corrected chi connectivity index (χ0v) is 14.3. The first-order chi connectivity index (χ1) is 12.0. The van der Waals surface area contributed by atoms with Crippen LogP contribution < -0.4 is 22.1 Å². The van der Waals surface area contributed by atoms with Gasteiger partial charge in [-0.3, -0.25) is 4.79 Å². The van der Waals surface area contributed by atoms with E-state index < -0.39 is 5.91 Å². The first-order valence-electron chi connectivity index (χ1n) is 8.55. The molecule has 0 saturated heterocycles. The summed E-state index contributed by atoms with van der Waals surface area (Å²) in [5, 5.41) is 6.46. The first kappa shape index (κ1) is 17.2. The molecule has 132 valence electrons. The summed E-state index contributed by atoms with van der Waals surface area (Å²) in [7, 11) is 0. The Kier molecular flexibility index (Phi) is 5.14. The second-order valence-electron chi connectivity index (χ2n) is 6.51. The van der Waals surface area contributed by atoms with Crippen LogP contribution in [0.4, 0.5) is 17.5 Å². The summed E-state index contributed by atoms with van der Waals surface area (Å²) in [6.07, 6.45) is 5.72. The maximum Gasteiger partial charge on any atom is 0.254 e. The van der Waals surface area contributed by atoms with Gasteiger partial charge in [-0.25, -0.2) is 4.98 Å². The monoisotopic (exact) mass is 340 g/mol. The van der Waals surface area contributed by atoms with Crippen molar-refractivity contribution in [2.75, 3.05) is 10.6 Å². The molecule has 0 bridgehead atoms. The minimum atomic E-state index is -0.573. The average molecular weight is 340 g/mol. The molecular formula is C18H24N6O. The molecule has 0 aliphatic heterocycles. The van der Waals surface area contributed by atoms with Gasteiger partial charge >= 0.3 is 0 Å². The SMILES string of the molecule is Cc1cccc(Nc2nc(N[C@H]3CCCC[C@@H]3N)ncc2C(N)=O)c1. The van der Waals surface area contributed by atoms with Gasteiger partial charge in [0, 0.05) is 24.0 Å². The molecule has 6 N–H and O–H groups in total. The molecule has 3 rings (SSSR count). The molecule has 7 nitrogen and oxygen atoms in total. The molecule has 1 fully saturated rings. The number of aromatic nitrogens is 2. The second kappa shape index (κ2) is 7.48. The van der Waals surface area contributed by atoms with Crippen molar-refractivity contribution in [3.8, 4) is 0 Å². The van der Waals surface area contributed by atoms with Gasteiger partial charge in [0.1, 0.15) is 11.4 Å². The highest BCUT2D eigenvalue weighted by atomic mass is 16.1. The predicted molar refractivity (Wildman–Crippen MR) is 98.9 cm³/mol. The van der Waals surface area contributed by atoms with E-state index in [9.17, 15) is 4.79 Å². The van der Waals surface area contributed by atoms with Crippen LogP contribution in [0.5, 0.6) is 0 Å². The molecule has 2 aromatic rings. The smallest absolute Gasteiger partial charge is 0.254 e. The van der Waals surface area contributed by atoms with Crippen LogP contribution in [0, 0.1) is 6.92 Å². The van der Waals surface area contributed by atoms with Crippen LogP contribution in [-0.2, 0) is 0 Å². The number of aryl methyl sites for hydroxylation is 1. The fraction of sp³-hybridized carbons (Fsp3) is 0.389. The number of hydrogen-bond acceptors (Lipinski definition) is 6. The third kappa shape index (κ3) is 4.24. The second-order valence-corrected chi connectivity index (χ2v) is 6.51. The maximum absolute atomic E-state index is 11.7. The highest BCUT2D eigenvalue weighted by molar-refractivity contribution is 5.98. The van der Waals surface area contributed by atoms with Gasteiger partial charge in [-0.05, 0) is 37.5 Å². The lowest BCUT2D eigenvalue weighted by Gasteiger charge is -2.29. The highest BCUT2D eigenvalue weighted by Crippen LogP contribution is 2.23. The summed E-state index contributed by atoms with van der Waals surface area (Å²) in [6, 6.07) is 8.03. The standard InChI is InChI=1S/C18H24N6O/c1-11-5-4-6-12(9-11)22-17-13(16(20)25)10-21-18(24-17)23-15-8-3-2-7-14(15)19/h4-6,9-10,14-15H,2-3,7-8,19H2,1H3,(H2,20,25)(H2,21,22,23,24)/t14-,15-/m0/s1. The molecule has 1 saturated carbocycles. The highest BCUT2D eigenvalue weighted by Gasteiger charge is 2.23. The minimum Gasteiger partial charge on any atom is -0.365 e. The number of nitrogens with one attached hydrogen (secondary N) is 2. The van der Waals surface area contributed by atoms with Gasteiger partial charge in [-0.15, -0.1) is 0 Å². The molecule has 7 heteroatoms. The average Bonchev–Trinajstić information content (AvgIpc) is 2.57. The number of nitrogens with zero attached hydrogens (tertiary/aromatic N) is 2. The molecule has 0 spiro atoms. The fourth-order valence-electron chi connectivity index (χ4n) is 3.09. The van der Waals surface area contributed by atoms with Crippen molar-refractivity contribution in [2.24, 2.45) is 11.5 Å².